The number of carbonyl (C=O) groups excluding carboxylic acids is 1. The molecule has 1 heterocycles. The number of nitrogens with zero attached hydrogens (tertiary/aromatic N) is 1. The van der Waals surface area contributed by atoms with Crippen molar-refractivity contribution < 1.29 is 14.3 Å². The smallest absolute Gasteiger partial charge is 0.357 e. The van der Waals surface area contributed by atoms with Crippen LogP contribution < -0.4 is 4.74 Å². The Kier molecular flexibility index (Phi) is 4.36. The Bertz CT molecular complexity index is 569. The Morgan fingerprint density at radius 2 is 2.00 bits per heavy atom. The van der Waals surface area contributed by atoms with Gasteiger partial charge in [0.2, 0.25) is 0 Å². The summed E-state index contributed by atoms with van der Waals surface area (Å²) >= 11 is 5.78. The van der Waals surface area contributed by atoms with Gasteiger partial charge in [-0.05, 0) is 29.8 Å². The van der Waals surface area contributed by atoms with E-state index in [1.807, 2.05) is 12.1 Å². The predicted octanol–water partition coefficient (Wildman–Crippen LogP) is 3.10. The van der Waals surface area contributed by atoms with Crippen molar-refractivity contribution in [3.8, 4) is 5.75 Å². The first-order valence-corrected chi connectivity index (χ1v) is 5.98. The molecule has 0 amide bonds. The molecule has 0 unspecified atom stereocenters. The van der Waals surface area contributed by atoms with Crippen LogP contribution in [0.3, 0.4) is 0 Å². The van der Waals surface area contributed by atoms with Gasteiger partial charge in [-0.25, -0.2) is 9.78 Å². The molecule has 1 aromatic heterocycles. The summed E-state index contributed by atoms with van der Waals surface area (Å²) < 4.78 is 10.2. The molecule has 0 aliphatic heterocycles. The molecule has 4 nitrogen and oxygen atoms in total. The molecule has 0 aliphatic rings. The van der Waals surface area contributed by atoms with Crippen molar-refractivity contribution in [1.29, 1.82) is 0 Å². The summed E-state index contributed by atoms with van der Waals surface area (Å²) in [7, 11) is 1.60. The van der Waals surface area contributed by atoms with Crippen molar-refractivity contribution in [1.82, 2.24) is 4.98 Å². The van der Waals surface area contributed by atoms with Crippen LogP contribution in [0.4, 0.5) is 0 Å². The molecule has 0 spiro atoms. The van der Waals surface area contributed by atoms with Gasteiger partial charge < -0.3 is 9.47 Å². The number of rotatable bonds is 4. The number of esters is 1. The van der Waals surface area contributed by atoms with E-state index < -0.39 is 5.97 Å². The number of carbonyl (C=O) groups is 1. The lowest BCUT2D eigenvalue weighted by molar-refractivity contribution is 0.0465. The molecule has 5 heteroatoms. The van der Waals surface area contributed by atoms with E-state index in [-0.39, 0.29) is 12.3 Å². The van der Waals surface area contributed by atoms with Gasteiger partial charge in [0.15, 0.2) is 0 Å². The molecule has 0 atom stereocenters. The van der Waals surface area contributed by atoms with E-state index in [0.29, 0.717) is 5.02 Å². The van der Waals surface area contributed by atoms with Crippen LogP contribution in [-0.4, -0.2) is 18.1 Å². The second-order valence-corrected chi connectivity index (χ2v) is 4.22. The third-order valence-corrected chi connectivity index (χ3v) is 2.70. The Morgan fingerprint density at radius 3 is 2.63 bits per heavy atom. The van der Waals surface area contributed by atoms with Gasteiger partial charge in [-0.3, -0.25) is 0 Å². The van der Waals surface area contributed by atoms with Crippen LogP contribution in [0.2, 0.25) is 5.02 Å². The number of hydrogen-bond acceptors (Lipinski definition) is 4. The van der Waals surface area contributed by atoms with Crippen LogP contribution in [-0.2, 0) is 11.3 Å². The average Bonchev–Trinajstić information content (AvgIpc) is 2.45. The van der Waals surface area contributed by atoms with Crippen LogP contribution in [0.25, 0.3) is 0 Å². The van der Waals surface area contributed by atoms with Gasteiger partial charge in [0.1, 0.15) is 18.1 Å². The summed E-state index contributed by atoms with van der Waals surface area (Å²) in [6, 6.07) is 10.3. The van der Waals surface area contributed by atoms with E-state index in [4.69, 9.17) is 21.1 Å². The van der Waals surface area contributed by atoms with Crippen LogP contribution in [0.1, 0.15) is 16.1 Å². The monoisotopic (exact) mass is 277 g/mol. The molecule has 0 saturated heterocycles. The second-order valence-electron chi connectivity index (χ2n) is 3.78. The SMILES string of the molecule is COc1ccc(COC(=O)c2cc(Cl)ccn2)cc1. The van der Waals surface area contributed by atoms with E-state index in [9.17, 15) is 4.79 Å². The van der Waals surface area contributed by atoms with Gasteiger partial charge >= 0.3 is 5.97 Å². The topological polar surface area (TPSA) is 48.4 Å². The fourth-order valence-corrected chi connectivity index (χ4v) is 1.62. The molecule has 2 aromatic rings. The number of aromatic nitrogens is 1. The van der Waals surface area contributed by atoms with Crippen LogP contribution in [0.5, 0.6) is 5.75 Å². The van der Waals surface area contributed by atoms with Crippen molar-refractivity contribution >= 4 is 17.6 Å². The van der Waals surface area contributed by atoms with E-state index in [1.165, 1.54) is 12.3 Å². The fourth-order valence-electron chi connectivity index (χ4n) is 1.46. The first-order valence-electron chi connectivity index (χ1n) is 5.60. The second kappa shape index (κ2) is 6.20. The Morgan fingerprint density at radius 1 is 1.26 bits per heavy atom. The van der Waals surface area contributed by atoms with E-state index >= 15 is 0 Å². The zero-order chi connectivity index (χ0) is 13.7. The third kappa shape index (κ3) is 3.69. The minimum absolute atomic E-state index is 0.178. The summed E-state index contributed by atoms with van der Waals surface area (Å²) in [6.45, 7) is 0.178. The molecule has 0 aliphatic carbocycles. The van der Waals surface area contributed by atoms with Crippen LogP contribution >= 0.6 is 11.6 Å². The highest BCUT2D eigenvalue weighted by Crippen LogP contribution is 2.13. The number of methoxy groups -OCH3 is 1. The number of benzene rings is 1. The van der Waals surface area contributed by atoms with Gasteiger partial charge in [0, 0.05) is 11.2 Å². The molecular formula is C14H12ClNO3. The Balaban J connectivity index is 1.96. The fraction of sp³-hybridized carbons (Fsp3) is 0.143. The highest BCUT2D eigenvalue weighted by Gasteiger charge is 2.09. The van der Waals surface area contributed by atoms with Gasteiger partial charge in [-0.1, -0.05) is 23.7 Å². The first kappa shape index (κ1) is 13.4. The number of ether oxygens (including phenoxy) is 2. The molecule has 2 rings (SSSR count). The lowest BCUT2D eigenvalue weighted by Gasteiger charge is -2.05. The predicted molar refractivity (Wildman–Crippen MR) is 71.4 cm³/mol. The zero-order valence-electron chi connectivity index (χ0n) is 10.3. The van der Waals surface area contributed by atoms with Gasteiger partial charge in [-0.2, -0.15) is 0 Å². The average molecular weight is 278 g/mol. The summed E-state index contributed by atoms with van der Waals surface area (Å²) in [5.41, 5.74) is 1.07. The highest BCUT2D eigenvalue weighted by molar-refractivity contribution is 6.30. The van der Waals surface area contributed by atoms with Crippen molar-refractivity contribution in [2.75, 3.05) is 7.11 Å². The van der Waals surface area contributed by atoms with Crippen LogP contribution in [0, 0.1) is 0 Å². The molecular weight excluding hydrogens is 266 g/mol. The molecule has 0 radical (unpaired) electrons. The van der Waals surface area contributed by atoms with Crippen molar-refractivity contribution in [3.05, 3.63) is 58.9 Å². The van der Waals surface area contributed by atoms with Gasteiger partial charge in [0.05, 0.1) is 7.11 Å². The Hall–Kier alpha value is -2.07. The first-order chi connectivity index (χ1) is 9.19. The van der Waals surface area contributed by atoms with E-state index in [2.05, 4.69) is 4.98 Å². The maximum Gasteiger partial charge on any atom is 0.357 e. The summed E-state index contributed by atoms with van der Waals surface area (Å²) in [5, 5.41) is 0.450. The quantitative estimate of drug-likeness (QED) is 0.806. The zero-order valence-corrected chi connectivity index (χ0v) is 11.1. The lowest BCUT2D eigenvalue weighted by atomic mass is 10.2. The molecule has 0 N–H and O–H groups in total. The minimum Gasteiger partial charge on any atom is -0.497 e. The highest BCUT2D eigenvalue weighted by atomic mass is 35.5. The maximum absolute atomic E-state index is 11.7. The number of hydrogen-bond donors (Lipinski definition) is 0. The van der Waals surface area contributed by atoms with Crippen molar-refractivity contribution in [2.24, 2.45) is 0 Å². The molecule has 1 aromatic carbocycles. The molecule has 98 valence electrons. The standard InChI is InChI=1S/C14H12ClNO3/c1-18-12-4-2-10(3-5-12)9-19-14(17)13-8-11(15)6-7-16-13/h2-8H,9H2,1H3. The van der Waals surface area contributed by atoms with Gasteiger partial charge in [0.25, 0.3) is 0 Å². The molecule has 19 heavy (non-hydrogen) atoms. The maximum atomic E-state index is 11.7. The largest absolute Gasteiger partial charge is 0.497 e. The lowest BCUT2D eigenvalue weighted by Crippen LogP contribution is -2.07. The third-order valence-electron chi connectivity index (χ3n) is 2.46. The number of halogens is 1. The summed E-state index contributed by atoms with van der Waals surface area (Å²) in [6.07, 6.45) is 1.46. The van der Waals surface area contributed by atoms with E-state index in [1.54, 1.807) is 25.3 Å². The minimum atomic E-state index is -0.502. The van der Waals surface area contributed by atoms with Crippen molar-refractivity contribution in [2.45, 2.75) is 6.61 Å². The van der Waals surface area contributed by atoms with Gasteiger partial charge in [-0.15, -0.1) is 0 Å². The molecule has 0 bridgehead atoms. The van der Waals surface area contributed by atoms with Crippen LogP contribution in [0.15, 0.2) is 42.6 Å². The normalized spacial score (nSPS) is 10.0. The van der Waals surface area contributed by atoms with Crippen molar-refractivity contribution in [3.63, 3.8) is 0 Å². The number of pyridine rings is 1. The summed E-state index contributed by atoms with van der Waals surface area (Å²) in [4.78, 5) is 15.6. The summed E-state index contributed by atoms with van der Waals surface area (Å²) in [5.74, 6) is 0.255. The Labute approximate surface area is 115 Å². The van der Waals surface area contributed by atoms with E-state index in [0.717, 1.165) is 11.3 Å². The molecule has 0 fully saturated rings. The molecule has 0 saturated carbocycles.